The van der Waals surface area contributed by atoms with E-state index in [1.807, 2.05) is 55.5 Å². The number of aryl methyl sites for hydroxylation is 1. The largest absolute Gasteiger partial charge is 0.845 e. The van der Waals surface area contributed by atoms with E-state index < -0.39 is 41.3 Å². The number of nitrogens with zero attached hydrogens (tertiary/aromatic N) is 1. The molecule has 0 saturated heterocycles. The van der Waals surface area contributed by atoms with Crippen LogP contribution in [0.1, 0.15) is 42.1 Å². The highest BCUT2D eigenvalue weighted by molar-refractivity contribution is 8.05. The number of benzene rings is 2. The molecule has 1 atom stereocenters. The molecule has 1 unspecified atom stereocenters. The molecule has 0 radical (unpaired) electrons. The van der Waals surface area contributed by atoms with Gasteiger partial charge in [0.15, 0.2) is 0 Å². The molecule has 8 nitrogen and oxygen atoms in total. The summed E-state index contributed by atoms with van der Waals surface area (Å²) < 4.78 is 115. The summed E-state index contributed by atoms with van der Waals surface area (Å²) in [6.07, 6.45) is 2.63. The van der Waals surface area contributed by atoms with Crippen molar-refractivity contribution in [1.82, 2.24) is 4.13 Å². The van der Waals surface area contributed by atoms with Gasteiger partial charge < -0.3 is 14.3 Å². The SMILES string of the molecule is Cc1ccc(C([O-])c2ccc(OCCCCC[N+](C)(C)C)cc2)cc1.O=S(=O)(NS(=O)(=O)C(F)(F)F)C(F)(F)F. The van der Waals surface area contributed by atoms with Gasteiger partial charge in [-0.1, -0.05) is 63.3 Å². The van der Waals surface area contributed by atoms with Crippen molar-refractivity contribution in [1.29, 1.82) is 0 Å². The van der Waals surface area contributed by atoms with Crippen LogP contribution in [0.5, 0.6) is 5.75 Å². The molecule has 0 aliphatic heterocycles. The van der Waals surface area contributed by atoms with Gasteiger partial charge in [-0.2, -0.15) is 26.3 Å². The molecule has 16 heteroatoms. The smallest absolute Gasteiger partial charge is 0.512 e. The predicted molar refractivity (Wildman–Crippen MR) is 135 cm³/mol. The summed E-state index contributed by atoms with van der Waals surface area (Å²) >= 11 is 0. The predicted octanol–water partition coefficient (Wildman–Crippen LogP) is 3.98. The minimum absolute atomic E-state index is 0.493. The summed E-state index contributed by atoms with van der Waals surface area (Å²) in [5, 5.41) is 12.5. The van der Waals surface area contributed by atoms with Crippen LogP contribution in [0.4, 0.5) is 26.3 Å². The number of hydrogen-bond acceptors (Lipinski definition) is 6. The number of sulfonamides is 2. The average molecular weight is 623 g/mol. The van der Waals surface area contributed by atoms with Crippen molar-refractivity contribution in [3.63, 3.8) is 0 Å². The van der Waals surface area contributed by atoms with Crippen LogP contribution in [-0.2, 0) is 20.0 Å². The van der Waals surface area contributed by atoms with Gasteiger partial charge in [-0.15, -0.1) is 0 Å². The molecule has 2 aromatic rings. The Kier molecular flexibility index (Phi) is 12.5. The quantitative estimate of drug-likeness (QED) is 0.231. The Morgan fingerprint density at radius 3 is 1.60 bits per heavy atom. The van der Waals surface area contributed by atoms with Gasteiger partial charge in [0.2, 0.25) is 0 Å². The summed E-state index contributed by atoms with van der Waals surface area (Å²) in [7, 11) is -6.53. The topological polar surface area (TPSA) is 113 Å². The van der Waals surface area contributed by atoms with Gasteiger partial charge >= 0.3 is 31.1 Å². The summed E-state index contributed by atoms with van der Waals surface area (Å²) in [5.74, 6) is 0.839. The summed E-state index contributed by atoms with van der Waals surface area (Å²) in [5.41, 5.74) is -9.55. The van der Waals surface area contributed by atoms with E-state index in [4.69, 9.17) is 4.74 Å². The summed E-state index contributed by atoms with van der Waals surface area (Å²) in [6.45, 7) is 3.95. The maximum absolute atomic E-state index is 12.5. The molecule has 0 fully saturated rings. The van der Waals surface area contributed by atoms with Gasteiger partial charge in [0.25, 0.3) is 0 Å². The fraction of sp³-hybridized carbons (Fsp3) is 0.500. The first-order valence-electron chi connectivity index (χ1n) is 11.7. The van der Waals surface area contributed by atoms with Gasteiger partial charge in [0.1, 0.15) is 5.75 Å². The van der Waals surface area contributed by atoms with Crippen LogP contribution in [0.2, 0.25) is 0 Å². The highest BCUT2D eigenvalue weighted by Gasteiger charge is 2.55. The second-order valence-corrected chi connectivity index (χ2v) is 13.4. The maximum atomic E-state index is 12.5. The first-order chi connectivity index (χ1) is 18.1. The Hall–Kier alpha value is -2.40. The molecule has 2 rings (SSSR count). The molecule has 0 aromatic heterocycles. The van der Waals surface area contributed by atoms with Crippen LogP contribution >= 0.6 is 0 Å². The second kappa shape index (κ2) is 14.0. The number of rotatable bonds is 11. The molecule has 0 bridgehead atoms. The number of hydrogen-bond donors (Lipinski definition) is 1. The van der Waals surface area contributed by atoms with Crippen molar-refractivity contribution in [3.8, 4) is 5.75 Å². The van der Waals surface area contributed by atoms with Crippen molar-refractivity contribution in [2.75, 3.05) is 34.3 Å². The van der Waals surface area contributed by atoms with Crippen LogP contribution in [0.15, 0.2) is 48.5 Å². The first kappa shape index (κ1) is 35.6. The Balaban J connectivity index is 0.000000459. The number of quaternary nitrogens is 1. The third kappa shape index (κ3) is 12.0. The van der Waals surface area contributed by atoms with Gasteiger partial charge in [0.05, 0.1) is 34.3 Å². The average Bonchev–Trinajstić information content (AvgIpc) is 2.79. The summed E-state index contributed by atoms with van der Waals surface area (Å²) in [6, 6.07) is 15.3. The zero-order valence-electron chi connectivity index (χ0n) is 22.2. The molecular formula is C24H32F6N2O6S2. The van der Waals surface area contributed by atoms with Crippen molar-refractivity contribution >= 4 is 20.0 Å². The summed E-state index contributed by atoms with van der Waals surface area (Å²) in [4.78, 5) is 0. The lowest BCUT2D eigenvalue weighted by Crippen LogP contribution is -2.45. The number of ether oxygens (including phenoxy) is 1. The van der Waals surface area contributed by atoms with Gasteiger partial charge in [-0.05, 0) is 38.3 Å². The number of nitrogens with one attached hydrogen (secondary N) is 1. The van der Waals surface area contributed by atoms with E-state index in [-0.39, 0.29) is 0 Å². The fourth-order valence-corrected chi connectivity index (χ4v) is 4.88. The number of unbranched alkanes of at least 4 members (excludes halogenated alkanes) is 2. The zero-order chi connectivity index (χ0) is 31.0. The molecule has 1 N–H and O–H groups in total. The molecule has 228 valence electrons. The Bertz CT molecular complexity index is 1230. The Morgan fingerprint density at radius 1 is 0.775 bits per heavy atom. The normalized spacial score (nSPS) is 13.8. The molecule has 40 heavy (non-hydrogen) atoms. The van der Waals surface area contributed by atoms with E-state index in [0.29, 0.717) is 0 Å². The zero-order valence-corrected chi connectivity index (χ0v) is 23.8. The van der Waals surface area contributed by atoms with Crippen molar-refractivity contribution in [2.24, 2.45) is 0 Å². The lowest BCUT2D eigenvalue weighted by atomic mass is 10.0. The number of halogens is 6. The first-order valence-corrected chi connectivity index (χ1v) is 14.7. The van der Waals surface area contributed by atoms with Crippen molar-refractivity contribution in [2.45, 2.75) is 43.3 Å². The van der Waals surface area contributed by atoms with Crippen LogP contribution < -0.4 is 14.0 Å². The molecule has 0 aliphatic carbocycles. The minimum atomic E-state index is -6.60. The van der Waals surface area contributed by atoms with Crippen LogP contribution in [0, 0.1) is 6.92 Å². The van der Waals surface area contributed by atoms with Crippen molar-refractivity contribution < 1.29 is 57.5 Å². The van der Waals surface area contributed by atoms with Gasteiger partial charge in [-0.3, -0.25) is 0 Å². The highest BCUT2D eigenvalue weighted by atomic mass is 32.3. The molecule has 0 aliphatic rings. The van der Waals surface area contributed by atoms with Crippen LogP contribution in [0.25, 0.3) is 0 Å². The van der Waals surface area contributed by atoms with E-state index in [9.17, 15) is 48.3 Å². The second-order valence-electron chi connectivity index (χ2n) is 9.76. The van der Waals surface area contributed by atoms with E-state index in [1.54, 1.807) is 0 Å². The van der Waals surface area contributed by atoms with Crippen molar-refractivity contribution in [3.05, 3.63) is 65.2 Å². The molecule has 0 saturated carbocycles. The Morgan fingerprint density at radius 2 is 1.20 bits per heavy atom. The Labute approximate surface area is 230 Å². The third-order valence-electron chi connectivity index (χ3n) is 5.13. The number of alkyl halides is 6. The monoisotopic (exact) mass is 622 g/mol. The van der Waals surface area contributed by atoms with Crippen LogP contribution in [-0.4, -0.2) is 66.6 Å². The molecule has 0 amide bonds. The lowest BCUT2D eigenvalue weighted by molar-refractivity contribution is -0.870. The molecule has 2 aromatic carbocycles. The van der Waals surface area contributed by atoms with E-state index >= 15 is 0 Å². The van der Waals surface area contributed by atoms with E-state index in [2.05, 4.69) is 21.1 Å². The lowest BCUT2D eigenvalue weighted by Gasteiger charge is -2.24. The maximum Gasteiger partial charge on any atom is 0.512 e. The highest BCUT2D eigenvalue weighted by Crippen LogP contribution is 2.27. The fourth-order valence-electron chi connectivity index (χ4n) is 2.97. The molecular weight excluding hydrogens is 590 g/mol. The minimum Gasteiger partial charge on any atom is -0.845 e. The van der Waals surface area contributed by atoms with E-state index in [1.165, 1.54) is 24.9 Å². The molecule has 0 heterocycles. The van der Waals surface area contributed by atoms with Gasteiger partial charge in [-0.25, -0.2) is 16.8 Å². The van der Waals surface area contributed by atoms with Crippen LogP contribution in [0.3, 0.4) is 0 Å². The molecule has 0 spiro atoms. The standard InChI is InChI=1S/C22H31NO2.C2HF6NO4S2/c1-18-8-10-19(11-9-18)22(24)20-12-14-21(15-13-20)25-17-7-5-6-16-23(2,3)4;3-1(4,5)14(10,11)9-15(12,13)2(6,7)8/h8-15,22H,5-7,16-17H2,1-4H3;9H. The van der Waals surface area contributed by atoms with Gasteiger partial charge in [0, 0.05) is 0 Å². The van der Waals surface area contributed by atoms with E-state index in [0.717, 1.165) is 34.4 Å². The third-order valence-corrected chi connectivity index (χ3v) is 8.11.